The van der Waals surface area contributed by atoms with Gasteiger partial charge >= 0.3 is 5.97 Å². The number of carbonyl (C=O) groups excluding carboxylic acids is 2. The molecular formula is C21H21NO6. The molecule has 2 aromatic rings. The van der Waals surface area contributed by atoms with Crippen molar-refractivity contribution in [3.63, 3.8) is 0 Å². The van der Waals surface area contributed by atoms with Crippen LogP contribution in [0.5, 0.6) is 0 Å². The summed E-state index contributed by atoms with van der Waals surface area (Å²) < 4.78 is 5.42. The smallest absolute Gasteiger partial charge is 0.309 e. The molecule has 0 saturated carbocycles. The largest absolute Gasteiger partial charge is 0.481 e. The number of carbonyl (C=O) groups is 3. The number of hydrogen-bond acceptors (Lipinski definition) is 5. The topological polar surface area (TPSA) is 104 Å². The van der Waals surface area contributed by atoms with Crippen molar-refractivity contribution in [2.75, 3.05) is 13.2 Å². The first-order valence-corrected chi connectivity index (χ1v) is 8.97. The first-order chi connectivity index (χ1) is 13.5. The van der Waals surface area contributed by atoms with Gasteiger partial charge in [-0.2, -0.15) is 0 Å². The fourth-order valence-electron chi connectivity index (χ4n) is 3.18. The standard InChI is InChI=1S/C21H21NO6/c23-18(13-28-12-14-6-2-1-3-7-14)17(21(26)27)10-11-22-19(24)15-8-4-5-9-16(15)20(22)25/h1-9,17-18,23H,10-13H2,(H,26,27). The Kier molecular flexibility index (Phi) is 6.18. The van der Waals surface area contributed by atoms with Gasteiger partial charge in [0, 0.05) is 6.54 Å². The van der Waals surface area contributed by atoms with E-state index in [0.717, 1.165) is 10.5 Å². The summed E-state index contributed by atoms with van der Waals surface area (Å²) in [4.78, 5) is 37.3. The molecule has 3 rings (SSSR count). The molecular weight excluding hydrogens is 362 g/mol. The number of ether oxygens (including phenoxy) is 1. The SMILES string of the molecule is O=C(O)C(CCN1C(=O)c2ccccc2C1=O)C(O)COCc1ccccc1. The van der Waals surface area contributed by atoms with Crippen molar-refractivity contribution < 1.29 is 29.3 Å². The van der Waals surface area contributed by atoms with E-state index in [0.29, 0.717) is 11.1 Å². The Hall–Kier alpha value is -3.03. The number of rotatable bonds is 9. The Labute approximate surface area is 162 Å². The van der Waals surface area contributed by atoms with Crippen molar-refractivity contribution in [3.05, 3.63) is 71.3 Å². The zero-order valence-corrected chi connectivity index (χ0v) is 15.2. The van der Waals surface area contributed by atoms with E-state index in [-0.39, 0.29) is 26.2 Å². The molecule has 0 spiro atoms. The van der Waals surface area contributed by atoms with Gasteiger partial charge in [0.15, 0.2) is 0 Å². The van der Waals surface area contributed by atoms with Crippen LogP contribution in [0.4, 0.5) is 0 Å². The minimum absolute atomic E-state index is 0.0589. The fourth-order valence-corrected chi connectivity index (χ4v) is 3.18. The number of aliphatic hydroxyl groups is 1. The minimum atomic E-state index is -1.25. The van der Waals surface area contributed by atoms with Gasteiger partial charge in [0.05, 0.1) is 36.4 Å². The second-order valence-corrected chi connectivity index (χ2v) is 6.61. The normalized spacial score (nSPS) is 15.4. The highest BCUT2D eigenvalue weighted by atomic mass is 16.5. The van der Waals surface area contributed by atoms with Gasteiger partial charge < -0.3 is 14.9 Å². The third-order valence-electron chi connectivity index (χ3n) is 4.72. The number of fused-ring (bicyclic) bond motifs is 1. The van der Waals surface area contributed by atoms with Crippen LogP contribution < -0.4 is 0 Å². The summed E-state index contributed by atoms with van der Waals surface area (Å²) in [6.07, 6.45) is -1.31. The summed E-state index contributed by atoms with van der Waals surface area (Å²) in [7, 11) is 0. The van der Waals surface area contributed by atoms with Crippen LogP contribution in [0.1, 0.15) is 32.7 Å². The molecule has 1 aliphatic heterocycles. The van der Waals surface area contributed by atoms with Gasteiger partial charge in [0.2, 0.25) is 0 Å². The molecule has 0 radical (unpaired) electrons. The van der Waals surface area contributed by atoms with Crippen LogP contribution in [0.15, 0.2) is 54.6 Å². The molecule has 0 aliphatic carbocycles. The Morgan fingerprint density at radius 1 is 0.964 bits per heavy atom. The number of carboxylic acids is 1. The van der Waals surface area contributed by atoms with Crippen molar-refractivity contribution >= 4 is 17.8 Å². The third kappa shape index (κ3) is 4.27. The van der Waals surface area contributed by atoms with Gasteiger partial charge in [0.1, 0.15) is 0 Å². The highest BCUT2D eigenvalue weighted by Crippen LogP contribution is 2.24. The first kappa shape index (κ1) is 19.7. The van der Waals surface area contributed by atoms with Gasteiger partial charge in [-0.1, -0.05) is 42.5 Å². The van der Waals surface area contributed by atoms with Crippen molar-refractivity contribution in [1.29, 1.82) is 0 Å². The minimum Gasteiger partial charge on any atom is -0.481 e. The molecule has 146 valence electrons. The number of aliphatic carboxylic acids is 1. The predicted octanol–water partition coefficient (Wildman–Crippen LogP) is 1.95. The Balaban J connectivity index is 1.55. The van der Waals surface area contributed by atoms with Crippen molar-refractivity contribution in [2.45, 2.75) is 19.1 Å². The number of hydrogen-bond donors (Lipinski definition) is 2. The predicted molar refractivity (Wildman–Crippen MR) is 99.7 cm³/mol. The van der Waals surface area contributed by atoms with E-state index in [4.69, 9.17) is 4.74 Å². The van der Waals surface area contributed by atoms with Crippen molar-refractivity contribution in [3.8, 4) is 0 Å². The maximum absolute atomic E-state index is 12.4. The van der Waals surface area contributed by atoms with E-state index < -0.39 is 29.8 Å². The molecule has 2 atom stereocenters. The van der Waals surface area contributed by atoms with Crippen molar-refractivity contribution in [1.82, 2.24) is 4.90 Å². The van der Waals surface area contributed by atoms with Crippen LogP contribution in [0.2, 0.25) is 0 Å². The van der Waals surface area contributed by atoms with Crippen LogP contribution in [0.25, 0.3) is 0 Å². The van der Waals surface area contributed by atoms with Crippen LogP contribution >= 0.6 is 0 Å². The number of nitrogens with zero attached hydrogens (tertiary/aromatic N) is 1. The van der Waals surface area contributed by atoms with Crippen LogP contribution in [0.3, 0.4) is 0 Å². The zero-order valence-electron chi connectivity index (χ0n) is 15.2. The summed E-state index contributed by atoms with van der Waals surface area (Å²) in [5.74, 6) is -3.24. The lowest BCUT2D eigenvalue weighted by Crippen LogP contribution is -2.37. The number of imide groups is 1. The van der Waals surface area contributed by atoms with Gasteiger partial charge in [0.25, 0.3) is 11.8 Å². The Morgan fingerprint density at radius 2 is 1.54 bits per heavy atom. The molecule has 7 heteroatoms. The summed E-state index contributed by atoms with van der Waals surface area (Å²) in [6.45, 7) is 0.00961. The molecule has 0 bridgehead atoms. The van der Waals surface area contributed by atoms with Crippen LogP contribution in [-0.4, -0.2) is 52.2 Å². The molecule has 2 N–H and O–H groups in total. The monoisotopic (exact) mass is 383 g/mol. The quantitative estimate of drug-likeness (QED) is 0.642. The van der Waals surface area contributed by atoms with Crippen molar-refractivity contribution in [2.24, 2.45) is 5.92 Å². The maximum atomic E-state index is 12.4. The van der Waals surface area contributed by atoms with Crippen LogP contribution in [-0.2, 0) is 16.1 Å². The van der Waals surface area contributed by atoms with E-state index in [9.17, 15) is 24.6 Å². The summed E-state index contributed by atoms with van der Waals surface area (Å²) >= 11 is 0. The highest BCUT2D eigenvalue weighted by molar-refractivity contribution is 6.21. The Morgan fingerprint density at radius 3 is 2.11 bits per heavy atom. The first-order valence-electron chi connectivity index (χ1n) is 8.97. The van der Waals surface area contributed by atoms with Gasteiger partial charge in [-0.05, 0) is 24.1 Å². The summed E-state index contributed by atoms with van der Waals surface area (Å²) in [6, 6.07) is 15.8. The molecule has 2 aromatic carbocycles. The summed E-state index contributed by atoms with van der Waals surface area (Å²) in [5, 5.41) is 19.7. The highest BCUT2D eigenvalue weighted by Gasteiger charge is 2.36. The van der Waals surface area contributed by atoms with Gasteiger partial charge in [-0.25, -0.2) is 0 Å². The zero-order chi connectivity index (χ0) is 20.1. The lowest BCUT2D eigenvalue weighted by molar-refractivity contribution is -0.148. The average molecular weight is 383 g/mol. The van der Waals surface area contributed by atoms with E-state index >= 15 is 0 Å². The number of aliphatic hydroxyl groups excluding tert-OH is 1. The van der Waals surface area contributed by atoms with Crippen LogP contribution in [0, 0.1) is 5.92 Å². The molecule has 7 nitrogen and oxygen atoms in total. The molecule has 0 aromatic heterocycles. The average Bonchev–Trinajstić information content (AvgIpc) is 2.94. The van der Waals surface area contributed by atoms with E-state index in [1.54, 1.807) is 24.3 Å². The third-order valence-corrected chi connectivity index (χ3v) is 4.72. The lowest BCUT2D eigenvalue weighted by atomic mass is 9.99. The van der Waals surface area contributed by atoms with E-state index in [2.05, 4.69) is 0 Å². The number of carboxylic acid groups (broad SMARTS) is 1. The van der Waals surface area contributed by atoms with E-state index in [1.165, 1.54) is 0 Å². The molecule has 28 heavy (non-hydrogen) atoms. The fraction of sp³-hybridized carbons (Fsp3) is 0.286. The molecule has 2 unspecified atom stereocenters. The summed E-state index contributed by atoms with van der Waals surface area (Å²) in [5.41, 5.74) is 1.53. The molecule has 1 aliphatic rings. The van der Waals surface area contributed by atoms with E-state index in [1.807, 2.05) is 30.3 Å². The number of benzene rings is 2. The maximum Gasteiger partial charge on any atom is 0.309 e. The number of amides is 2. The molecule has 0 saturated heterocycles. The molecule has 0 fully saturated rings. The lowest BCUT2D eigenvalue weighted by Gasteiger charge is -2.21. The molecule has 1 heterocycles. The Bertz CT molecular complexity index is 831. The second-order valence-electron chi connectivity index (χ2n) is 6.61. The van der Waals surface area contributed by atoms with Gasteiger partial charge in [-0.15, -0.1) is 0 Å². The molecule has 2 amide bonds. The second kappa shape index (κ2) is 8.77. The van der Waals surface area contributed by atoms with Gasteiger partial charge in [-0.3, -0.25) is 19.3 Å².